The van der Waals surface area contributed by atoms with Crippen LogP contribution in [-0.4, -0.2) is 29.6 Å². The summed E-state index contributed by atoms with van der Waals surface area (Å²) in [5, 5.41) is 0. The molecule has 0 saturated carbocycles. The number of likely N-dealkylation sites (tertiary alicyclic amines) is 1. The molecule has 0 unspecified atom stereocenters. The van der Waals surface area contributed by atoms with Gasteiger partial charge in [-0.15, -0.1) is 0 Å². The lowest BCUT2D eigenvalue weighted by atomic mass is 10.0. The Morgan fingerprint density at radius 2 is 1.92 bits per heavy atom. The van der Waals surface area contributed by atoms with E-state index < -0.39 is 0 Å². The summed E-state index contributed by atoms with van der Waals surface area (Å²) in [4.78, 5) is 6.98. The molecule has 134 valence electrons. The SMILES string of the molecule is COc1ccccc1C[C@@H]1CCCN1Cc1ncc(-c2ccccc2)o1. The van der Waals surface area contributed by atoms with E-state index in [-0.39, 0.29) is 0 Å². The van der Waals surface area contributed by atoms with E-state index in [4.69, 9.17) is 9.15 Å². The first kappa shape index (κ1) is 16.9. The highest BCUT2D eigenvalue weighted by molar-refractivity contribution is 5.55. The van der Waals surface area contributed by atoms with Gasteiger partial charge in [0.1, 0.15) is 5.75 Å². The van der Waals surface area contributed by atoms with Crippen LogP contribution in [0.1, 0.15) is 24.3 Å². The summed E-state index contributed by atoms with van der Waals surface area (Å²) in [6.07, 6.45) is 5.24. The number of hydrogen-bond acceptors (Lipinski definition) is 4. The minimum absolute atomic E-state index is 0.498. The van der Waals surface area contributed by atoms with Crippen LogP contribution < -0.4 is 4.74 Å². The van der Waals surface area contributed by atoms with E-state index in [1.54, 1.807) is 7.11 Å². The van der Waals surface area contributed by atoms with Gasteiger partial charge in [0.25, 0.3) is 0 Å². The molecule has 1 saturated heterocycles. The topological polar surface area (TPSA) is 38.5 Å². The zero-order valence-electron chi connectivity index (χ0n) is 15.1. The minimum Gasteiger partial charge on any atom is -0.496 e. The summed E-state index contributed by atoms with van der Waals surface area (Å²) >= 11 is 0. The van der Waals surface area contributed by atoms with Crippen molar-refractivity contribution in [3.63, 3.8) is 0 Å². The third kappa shape index (κ3) is 3.65. The number of methoxy groups -OCH3 is 1. The third-order valence-corrected chi connectivity index (χ3v) is 5.10. The molecule has 1 aromatic heterocycles. The Labute approximate surface area is 154 Å². The first-order valence-electron chi connectivity index (χ1n) is 9.19. The number of hydrogen-bond donors (Lipinski definition) is 0. The molecule has 0 aliphatic carbocycles. The van der Waals surface area contributed by atoms with Gasteiger partial charge in [0.2, 0.25) is 5.89 Å². The summed E-state index contributed by atoms with van der Waals surface area (Å²) in [5.74, 6) is 2.60. The fourth-order valence-corrected chi connectivity index (χ4v) is 3.75. The van der Waals surface area contributed by atoms with Crippen LogP contribution in [-0.2, 0) is 13.0 Å². The Morgan fingerprint density at radius 1 is 1.12 bits per heavy atom. The average molecular weight is 348 g/mol. The molecule has 4 heteroatoms. The number of para-hydroxylation sites is 1. The number of aromatic nitrogens is 1. The lowest BCUT2D eigenvalue weighted by molar-refractivity contribution is 0.220. The molecule has 4 nitrogen and oxygen atoms in total. The van der Waals surface area contributed by atoms with Crippen molar-refractivity contribution in [1.29, 1.82) is 0 Å². The van der Waals surface area contributed by atoms with Gasteiger partial charge in [0.15, 0.2) is 5.76 Å². The number of nitrogens with zero attached hydrogens (tertiary/aromatic N) is 2. The molecule has 0 amide bonds. The van der Waals surface area contributed by atoms with Crippen LogP contribution in [0.2, 0.25) is 0 Å². The van der Waals surface area contributed by atoms with Gasteiger partial charge in [-0.05, 0) is 37.4 Å². The first-order valence-corrected chi connectivity index (χ1v) is 9.19. The molecule has 0 N–H and O–H groups in total. The maximum Gasteiger partial charge on any atom is 0.209 e. The number of rotatable bonds is 6. The summed E-state index contributed by atoms with van der Waals surface area (Å²) in [5.41, 5.74) is 2.34. The van der Waals surface area contributed by atoms with Crippen LogP contribution in [0.5, 0.6) is 5.75 Å². The third-order valence-electron chi connectivity index (χ3n) is 5.10. The minimum atomic E-state index is 0.498. The maximum atomic E-state index is 6.00. The van der Waals surface area contributed by atoms with Gasteiger partial charge in [0.05, 0.1) is 19.9 Å². The zero-order chi connectivity index (χ0) is 17.8. The van der Waals surface area contributed by atoms with Crippen molar-refractivity contribution in [2.75, 3.05) is 13.7 Å². The predicted molar refractivity (Wildman–Crippen MR) is 102 cm³/mol. The molecular weight excluding hydrogens is 324 g/mol. The average Bonchev–Trinajstić information content (AvgIpc) is 3.33. The standard InChI is InChI=1S/C22H24N2O2/c1-25-20-12-6-5-10-18(20)14-19-11-7-13-24(19)16-22-23-15-21(26-22)17-8-3-2-4-9-17/h2-6,8-10,12,15,19H,7,11,13-14,16H2,1H3/t19-/m0/s1. The molecule has 0 bridgehead atoms. The fraction of sp³-hybridized carbons (Fsp3) is 0.318. The Balaban J connectivity index is 1.45. The van der Waals surface area contributed by atoms with E-state index in [0.717, 1.165) is 42.5 Å². The molecule has 26 heavy (non-hydrogen) atoms. The van der Waals surface area contributed by atoms with E-state index in [0.29, 0.717) is 6.04 Å². The monoisotopic (exact) mass is 348 g/mol. The largest absolute Gasteiger partial charge is 0.496 e. The highest BCUT2D eigenvalue weighted by Crippen LogP contribution is 2.28. The molecule has 2 heterocycles. The van der Waals surface area contributed by atoms with Crippen LogP contribution in [0, 0.1) is 0 Å². The Bertz CT molecular complexity index is 844. The predicted octanol–water partition coefficient (Wildman–Crippen LogP) is 4.56. The summed E-state index contributed by atoms with van der Waals surface area (Å²) in [6.45, 7) is 1.84. The van der Waals surface area contributed by atoms with E-state index in [9.17, 15) is 0 Å². The second kappa shape index (κ2) is 7.75. The van der Waals surface area contributed by atoms with E-state index in [1.165, 1.54) is 18.4 Å². The molecule has 1 atom stereocenters. The molecule has 2 aromatic carbocycles. The summed E-state index contributed by atoms with van der Waals surface area (Å²) < 4.78 is 11.5. The Kier molecular flexibility index (Phi) is 5.02. The maximum absolute atomic E-state index is 6.00. The van der Waals surface area contributed by atoms with Crippen molar-refractivity contribution in [2.24, 2.45) is 0 Å². The number of benzene rings is 2. The lowest BCUT2D eigenvalue weighted by Crippen LogP contribution is -2.30. The number of ether oxygens (including phenoxy) is 1. The van der Waals surface area contributed by atoms with E-state index in [1.807, 2.05) is 48.7 Å². The van der Waals surface area contributed by atoms with Crippen LogP contribution >= 0.6 is 0 Å². The molecular formula is C22H24N2O2. The van der Waals surface area contributed by atoms with Gasteiger partial charge in [-0.25, -0.2) is 4.98 Å². The van der Waals surface area contributed by atoms with Crippen LogP contribution in [0.15, 0.2) is 65.2 Å². The van der Waals surface area contributed by atoms with Crippen molar-refractivity contribution in [1.82, 2.24) is 9.88 Å². The highest BCUT2D eigenvalue weighted by atomic mass is 16.5. The highest BCUT2D eigenvalue weighted by Gasteiger charge is 2.27. The van der Waals surface area contributed by atoms with Gasteiger partial charge in [-0.3, -0.25) is 4.90 Å². The first-order chi connectivity index (χ1) is 12.8. The second-order valence-electron chi connectivity index (χ2n) is 6.77. The molecule has 1 aliphatic heterocycles. The number of oxazole rings is 1. The van der Waals surface area contributed by atoms with E-state index in [2.05, 4.69) is 22.0 Å². The fourth-order valence-electron chi connectivity index (χ4n) is 3.75. The van der Waals surface area contributed by atoms with Crippen LogP contribution in [0.25, 0.3) is 11.3 Å². The quantitative estimate of drug-likeness (QED) is 0.655. The molecule has 1 fully saturated rings. The van der Waals surface area contributed by atoms with Gasteiger partial charge in [0, 0.05) is 11.6 Å². The summed E-state index contributed by atoms with van der Waals surface area (Å²) in [6, 6.07) is 18.9. The van der Waals surface area contributed by atoms with Crippen molar-refractivity contribution < 1.29 is 9.15 Å². The molecule has 1 aliphatic rings. The van der Waals surface area contributed by atoms with Gasteiger partial charge in [-0.2, -0.15) is 0 Å². The van der Waals surface area contributed by atoms with E-state index >= 15 is 0 Å². The van der Waals surface area contributed by atoms with Crippen molar-refractivity contribution in [3.8, 4) is 17.1 Å². The van der Waals surface area contributed by atoms with Gasteiger partial charge < -0.3 is 9.15 Å². The van der Waals surface area contributed by atoms with Crippen molar-refractivity contribution in [3.05, 3.63) is 72.2 Å². The second-order valence-corrected chi connectivity index (χ2v) is 6.77. The van der Waals surface area contributed by atoms with Crippen LogP contribution in [0.3, 0.4) is 0 Å². The molecule has 3 aromatic rings. The molecule has 0 spiro atoms. The summed E-state index contributed by atoms with van der Waals surface area (Å²) in [7, 11) is 1.74. The van der Waals surface area contributed by atoms with Gasteiger partial charge in [-0.1, -0.05) is 48.5 Å². The molecule has 0 radical (unpaired) electrons. The Hall–Kier alpha value is -2.59. The van der Waals surface area contributed by atoms with Gasteiger partial charge >= 0.3 is 0 Å². The zero-order valence-corrected chi connectivity index (χ0v) is 15.1. The smallest absolute Gasteiger partial charge is 0.209 e. The lowest BCUT2D eigenvalue weighted by Gasteiger charge is -2.23. The molecule has 4 rings (SSSR count). The Morgan fingerprint density at radius 3 is 2.77 bits per heavy atom. The van der Waals surface area contributed by atoms with Crippen molar-refractivity contribution in [2.45, 2.75) is 31.8 Å². The van der Waals surface area contributed by atoms with Crippen molar-refractivity contribution >= 4 is 0 Å². The normalized spacial score (nSPS) is 17.5. The van der Waals surface area contributed by atoms with Crippen LogP contribution in [0.4, 0.5) is 0 Å².